The SMILES string of the molecule is c1ccc(-c2ccc(-c3ccccc3-n3c4ccccc4c4cc(-c5ccc6c(c5)c5ccccc5n6-c5ccc(-c6ccccc6)cc5)ccc43)cc2)cc1. The van der Waals surface area contributed by atoms with E-state index in [-0.39, 0.29) is 0 Å². The van der Waals surface area contributed by atoms with Crippen molar-refractivity contribution in [3.63, 3.8) is 0 Å². The predicted molar refractivity (Wildman–Crippen MR) is 237 cm³/mol. The Morgan fingerprint density at radius 2 is 0.625 bits per heavy atom. The molecule has 0 N–H and O–H groups in total. The molecule has 0 aliphatic rings. The monoisotopic (exact) mass is 712 g/mol. The van der Waals surface area contributed by atoms with Crippen molar-refractivity contribution >= 4 is 43.6 Å². The molecule has 9 aromatic carbocycles. The van der Waals surface area contributed by atoms with Gasteiger partial charge in [-0.15, -0.1) is 0 Å². The van der Waals surface area contributed by atoms with E-state index in [0.717, 1.165) is 5.69 Å². The van der Waals surface area contributed by atoms with Gasteiger partial charge >= 0.3 is 0 Å². The van der Waals surface area contributed by atoms with Crippen LogP contribution < -0.4 is 0 Å². The molecule has 2 aromatic heterocycles. The van der Waals surface area contributed by atoms with Crippen LogP contribution in [-0.2, 0) is 0 Å². The molecule has 2 heteroatoms. The van der Waals surface area contributed by atoms with Crippen LogP contribution in [0, 0.1) is 0 Å². The molecule has 0 saturated heterocycles. The van der Waals surface area contributed by atoms with E-state index in [0.29, 0.717) is 0 Å². The predicted octanol–water partition coefficient (Wildman–Crippen LogP) is 14.5. The Morgan fingerprint density at radius 3 is 1.21 bits per heavy atom. The summed E-state index contributed by atoms with van der Waals surface area (Å²) in [6.45, 7) is 0. The summed E-state index contributed by atoms with van der Waals surface area (Å²) in [4.78, 5) is 0. The summed E-state index contributed by atoms with van der Waals surface area (Å²) < 4.78 is 4.83. The maximum atomic E-state index is 2.44. The summed E-state index contributed by atoms with van der Waals surface area (Å²) in [6.07, 6.45) is 0. The minimum atomic E-state index is 1.16. The minimum absolute atomic E-state index is 1.16. The standard InChI is InChI=1S/C54H36N2/c1-3-13-37(14-4-1)39-23-25-41(26-24-39)45-17-7-10-20-50(45)56-52-22-12-9-19-47(52)49-36-43(30-34-54(49)56)42-29-33-53-48(35-42)46-18-8-11-21-51(46)55(53)44-31-27-40(28-32-44)38-15-5-2-6-16-38/h1-36H. The fraction of sp³-hybridized carbons (Fsp3) is 0. The van der Waals surface area contributed by atoms with Crippen LogP contribution in [0.15, 0.2) is 218 Å². The van der Waals surface area contributed by atoms with Gasteiger partial charge in [0.15, 0.2) is 0 Å². The summed E-state index contributed by atoms with van der Waals surface area (Å²) in [5.41, 5.74) is 16.8. The zero-order valence-corrected chi connectivity index (χ0v) is 30.7. The molecule has 11 rings (SSSR count). The summed E-state index contributed by atoms with van der Waals surface area (Å²) >= 11 is 0. The maximum absolute atomic E-state index is 2.44. The van der Waals surface area contributed by atoms with Crippen molar-refractivity contribution in [1.29, 1.82) is 0 Å². The van der Waals surface area contributed by atoms with Gasteiger partial charge in [-0.25, -0.2) is 0 Å². The summed E-state index contributed by atoms with van der Waals surface area (Å²) in [5, 5.41) is 4.99. The molecule has 0 aliphatic heterocycles. The van der Waals surface area contributed by atoms with Crippen molar-refractivity contribution in [2.75, 3.05) is 0 Å². The first-order chi connectivity index (χ1) is 27.8. The van der Waals surface area contributed by atoms with Crippen LogP contribution in [0.4, 0.5) is 0 Å². The number of nitrogens with zero attached hydrogens (tertiary/aromatic N) is 2. The lowest BCUT2D eigenvalue weighted by Gasteiger charge is -2.14. The zero-order valence-electron chi connectivity index (χ0n) is 30.7. The lowest BCUT2D eigenvalue weighted by Crippen LogP contribution is -1.97. The number of para-hydroxylation sites is 3. The van der Waals surface area contributed by atoms with Gasteiger partial charge in [0.2, 0.25) is 0 Å². The molecule has 0 saturated carbocycles. The van der Waals surface area contributed by atoms with Crippen LogP contribution in [0.2, 0.25) is 0 Å². The van der Waals surface area contributed by atoms with Crippen LogP contribution in [0.3, 0.4) is 0 Å². The molecule has 0 spiro atoms. The second kappa shape index (κ2) is 13.2. The highest BCUT2D eigenvalue weighted by Gasteiger charge is 2.18. The molecule has 0 unspecified atom stereocenters. The van der Waals surface area contributed by atoms with E-state index in [2.05, 4.69) is 228 Å². The second-order valence-electron chi connectivity index (χ2n) is 14.5. The highest BCUT2D eigenvalue weighted by atomic mass is 15.0. The van der Waals surface area contributed by atoms with Gasteiger partial charge in [-0.05, 0) is 93.5 Å². The van der Waals surface area contributed by atoms with Gasteiger partial charge in [0.1, 0.15) is 0 Å². The topological polar surface area (TPSA) is 9.86 Å². The second-order valence-corrected chi connectivity index (χ2v) is 14.5. The van der Waals surface area contributed by atoms with Crippen molar-refractivity contribution in [2.24, 2.45) is 0 Å². The van der Waals surface area contributed by atoms with Gasteiger partial charge in [-0.2, -0.15) is 0 Å². The Labute approximate surface area is 325 Å². The van der Waals surface area contributed by atoms with E-state index in [4.69, 9.17) is 0 Å². The van der Waals surface area contributed by atoms with Gasteiger partial charge in [0, 0.05) is 32.8 Å². The van der Waals surface area contributed by atoms with Gasteiger partial charge in [0.05, 0.1) is 27.8 Å². The number of fused-ring (bicyclic) bond motifs is 6. The van der Waals surface area contributed by atoms with Crippen molar-refractivity contribution < 1.29 is 0 Å². The number of benzene rings is 9. The van der Waals surface area contributed by atoms with Crippen LogP contribution in [0.25, 0.3) is 99.5 Å². The fourth-order valence-corrected chi connectivity index (χ4v) is 8.66. The molecule has 0 bridgehead atoms. The summed E-state index contributed by atoms with van der Waals surface area (Å²) in [5.74, 6) is 0. The third-order valence-corrected chi connectivity index (χ3v) is 11.4. The first-order valence-corrected chi connectivity index (χ1v) is 19.3. The lowest BCUT2D eigenvalue weighted by atomic mass is 9.99. The van der Waals surface area contributed by atoms with E-state index >= 15 is 0 Å². The van der Waals surface area contributed by atoms with Crippen molar-refractivity contribution in [2.45, 2.75) is 0 Å². The first kappa shape index (κ1) is 32.0. The lowest BCUT2D eigenvalue weighted by molar-refractivity contribution is 1.18. The smallest absolute Gasteiger partial charge is 0.0541 e. The maximum Gasteiger partial charge on any atom is 0.0541 e. The van der Waals surface area contributed by atoms with Gasteiger partial charge in [-0.1, -0.05) is 164 Å². The van der Waals surface area contributed by atoms with Crippen molar-refractivity contribution in [3.8, 4) is 55.9 Å². The number of hydrogen-bond donors (Lipinski definition) is 0. The van der Waals surface area contributed by atoms with Crippen molar-refractivity contribution in [3.05, 3.63) is 218 Å². The van der Waals surface area contributed by atoms with E-state index in [1.807, 2.05) is 0 Å². The van der Waals surface area contributed by atoms with Crippen LogP contribution >= 0.6 is 0 Å². The summed E-state index contributed by atoms with van der Waals surface area (Å²) in [7, 11) is 0. The average molecular weight is 713 g/mol. The van der Waals surface area contributed by atoms with Crippen LogP contribution in [0.5, 0.6) is 0 Å². The van der Waals surface area contributed by atoms with Crippen LogP contribution in [-0.4, -0.2) is 9.13 Å². The normalized spacial score (nSPS) is 11.6. The van der Waals surface area contributed by atoms with Gasteiger partial charge in [0.25, 0.3) is 0 Å². The molecular formula is C54H36N2. The van der Waals surface area contributed by atoms with E-state index < -0.39 is 0 Å². The Balaban J connectivity index is 1.02. The Kier molecular flexibility index (Phi) is 7.53. The molecular weight excluding hydrogens is 677 g/mol. The fourth-order valence-electron chi connectivity index (χ4n) is 8.66. The highest BCUT2D eigenvalue weighted by Crippen LogP contribution is 2.40. The largest absolute Gasteiger partial charge is 0.309 e. The highest BCUT2D eigenvalue weighted by molar-refractivity contribution is 6.13. The van der Waals surface area contributed by atoms with Gasteiger partial charge in [-0.3, -0.25) is 0 Å². The molecule has 262 valence electrons. The Hall–Kier alpha value is -7.42. The number of hydrogen-bond acceptors (Lipinski definition) is 0. The molecule has 0 fully saturated rings. The first-order valence-electron chi connectivity index (χ1n) is 19.3. The van der Waals surface area contributed by atoms with E-state index in [1.54, 1.807) is 0 Å². The number of aromatic nitrogens is 2. The van der Waals surface area contributed by atoms with Gasteiger partial charge < -0.3 is 9.13 Å². The molecule has 0 radical (unpaired) electrons. The van der Waals surface area contributed by atoms with E-state index in [1.165, 1.54) is 93.8 Å². The molecule has 2 nitrogen and oxygen atoms in total. The molecule has 0 amide bonds. The quantitative estimate of drug-likeness (QED) is 0.162. The zero-order chi connectivity index (χ0) is 37.0. The summed E-state index contributed by atoms with van der Waals surface area (Å²) in [6, 6.07) is 79.3. The molecule has 0 atom stereocenters. The molecule has 11 aromatic rings. The molecule has 56 heavy (non-hydrogen) atoms. The average Bonchev–Trinajstić information content (AvgIpc) is 3.79. The third kappa shape index (κ3) is 5.26. The third-order valence-electron chi connectivity index (χ3n) is 11.4. The molecule has 0 aliphatic carbocycles. The van der Waals surface area contributed by atoms with Crippen molar-refractivity contribution in [1.82, 2.24) is 9.13 Å². The van der Waals surface area contributed by atoms with Crippen LogP contribution in [0.1, 0.15) is 0 Å². The van der Waals surface area contributed by atoms with E-state index in [9.17, 15) is 0 Å². The Morgan fingerprint density at radius 1 is 0.232 bits per heavy atom. The minimum Gasteiger partial charge on any atom is -0.309 e. The Bertz CT molecular complexity index is 3200. The number of rotatable bonds is 6. The molecule has 2 heterocycles.